The van der Waals surface area contributed by atoms with Gasteiger partial charge in [-0.1, -0.05) is 0 Å². The molecule has 82 valence electrons. The zero-order valence-electron chi connectivity index (χ0n) is 9.29. The molecule has 4 nitrogen and oxygen atoms in total. The van der Waals surface area contributed by atoms with Gasteiger partial charge in [-0.25, -0.2) is 0 Å². The van der Waals surface area contributed by atoms with Crippen molar-refractivity contribution in [3.63, 3.8) is 0 Å². The smallest absolute Gasteiger partial charge is 0.250 e. The Bertz CT molecular complexity index is 380. The molecule has 0 aliphatic rings. The molecule has 0 saturated carbocycles. The molecule has 0 saturated heterocycles. The number of nitrogen functional groups attached to an aromatic ring is 1. The van der Waals surface area contributed by atoms with Gasteiger partial charge in [0.1, 0.15) is 0 Å². The van der Waals surface area contributed by atoms with Crippen LogP contribution in [0, 0.1) is 0 Å². The first-order chi connectivity index (χ1) is 6.79. The van der Waals surface area contributed by atoms with Crippen molar-refractivity contribution in [3.05, 3.63) is 23.8 Å². The molecule has 4 heteroatoms. The van der Waals surface area contributed by atoms with E-state index in [2.05, 4.69) is 5.32 Å². The molecule has 0 bridgehead atoms. The maximum absolute atomic E-state index is 11.1. The monoisotopic (exact) mass is 207 g/mol. The standard InChI is InChI=1S/C11H17N3O/c1-11(2,3)14-7-4-5-9(12)8(6-7)10(13)15/h4-6,14H,12H2,1-3H3,(H2,13,15). The van der Waals surface area contributed by atoms with Gasteiger partial charge in [0, 0.05) is 16.9 Å². The Morgan fingerprint density at radius 1 is 1.33 bits per heavy atom. The number of primary amides is 1. The van der Waals surface area contributed by atoms with Crippen molar-refractivity contribution in [2.24, 2.45) is 5.73 Å². The molecule has 1 amide bonds. The summed E-state index contributed by atoms with van der Waals surface area (Å²) in [6, 6.07) is 5.17. The van der Waals surface area contributed by atoms with Gasteiger partial charge in [-0.05, 0) is 39.0 Å². The predicted molar refractivity (Wildman–Crippen MR) is 62.7 cm³/mol. The number of nitrogens with one attached hydrogen (secondary N) is 1. The van der Waals surface area contributed by atoms with E-state index in [0.717, 1.165) is 5.69 Å². The molecule has 0 unspecified atom stereocenters. The molecule has 0 heterocycles. The van der Waals surface area contributed by atoms with E-state index >= 15 is 0 Å². The Morgan fingerprint density at radius 3 is 2.40 bits per heavy atom. The van der Waals surface area contributed by atoms with Gasteiger partial charge in [-0.15, -0.1) is 0 Å². The van der Waals surface area contributed by atoms with E-state index < -0.39 is 5.91 Å². The highest BCUT2D eigenvalue weighted by molar-refractivity contribution is 5.98. The number of amides is 1. The Hall–Kier alpha value is -1.71. The van der Waals surface area contributed by atoms with Crippen molar-refractivity contribution < 1.29 is 4.79 Å². The second kappa shape index (κ2) is 3.81. The van der Waals surface area contributed by atoms with E-state index in [0.29, 0.717) is 11.3 Å². The fraction of sp³-hybridized carbons (Fsp3) is 0.364. The van der Waals surface area contributed by atoms with Crippen LogP contribution in [0.2, 0.25) is 0 Å². The fourth-order valence-corrected chi connectivity index (χ4v) is 1.28. The largest absolute Gasteiger partial charge is 0.398 e. The molecule has 0 atom stereocenters. The lowest BCUT2D eigenvalue weighted by Crippen LogP contribution is -2.26. The van der Waals surface area contributed by atoms with Crippen LogP contribution in [-0.4, -0.2) is 11.4 Å². The van der Waals surface area contributed by atoms with Gasteiger partial charge >= 0.3 is 0 Å². The van der Waals surface area contributed by atoms with Crippen molar-refractivity contribution in [1.29, 1.82) is 0 Å². The summed E-state index contributed by atoms with van der Waals surface area (Å²) in [5.74, 6) is -0.509. The number of carbonyl (C=O) groups is 1. The molecule has 0 aliphatic heterocycles. The summed E-state index contributed by atoms with van der Waals surface area (Å²) in [7, 11) is 0. The number of rotatable bonds is 2. The molecular formula is C11H17N3O. The summed E-state index contributed by atoms with van der Waals surface area (Å²) in [4.78, 5) is 11.1. The van der Waals surface area contributed by atoms with Crippen LogP contribution in [0.5, 0.6) is 0 Å². The molecule has 0 aromatic heterocycles. The van der Waals surface area contributed by atoms with Crippen molar-refractivity contribution in [2.45, 2.75) is 26.3 Å². The zero-order valence-corrected chi connectivity index (χ0v) is 9.29. The number of nitrogens with two attached hydrogens (primary N) is 2. The van der Waals surface area contributed by atoms with E-state index in [1.807, 2.05) is 26.8 Å². The maximum Gasteiger partial charge on any atom is 0.250 e. The molecular weight excluding hydrogens is 190 g/mol. The van der Waals surface area contributed by atoms with Gasteiger partial charge in [-0.3, -0.25) is 4.79 Å². The number of benzene rings is 1. The Labute approximate surface area is 89.6 Å². The summed E-state index contributed by atoms with van der Waals surface area (Å²) in [6.45, 7) is 6.11. The minimum atomic E-state index is -0.509. The lowest BCUT2D eigenvalue weighted by Gasteiger charge is -2.22. The topological polar surface area (TPSA) is 81.1 Å². The molecule has 1 rings (SSSR count). The minimum absolute atomic E-state index is 0.0645. The van der Waals surface area contributed by atoms with Gasteiger partial charge in [0.05, 0.1) is 5.56 Å². The van der Waals surface area contributed by atoms with Crippen molar-refractivity contribution in [2.75, 3.05) is 11.1 Å². The van der Waals surface area contributed by atoms with E-state index in [-0.39, 0.29) is 5.54 Å². The third-order valence-electron chi connectivity index (χ3n) is 1.84. The number of hydrogen-bond acceptors (Lipinski definition) is 3. The average Bonchev–Trinajstić information content (AvgIpc) is 2.05. The first kappa shape index (κ1) is 11.4. The van der Waals surface area contributed by atoms with Crippen LogP contribution >= 0.6 is 0 Å². The van der Waals surface area contributed by atoms with E-state index in [4.69, 9.17) is 11.5 Å². The summed E-state index contributed by atoms with van der Waals surface area (Å²) in [5.41, 5.74) is 12.4. The van der Waals surface area contributed by atoms with Crippen LogP contribution in [0.4, 0.5) is 11.4 Å². The van der Waals surface area contributed by atoms with Gasteiger partial charge in [-0.2, -0.15) is 0 Å². The van der Waals surface area contributed by atoms with Gasteiger partial charge < -0.3 is 16.8 Å². The highest BCUT2D eigenvalue weighted by atomic mass is 16.1. The third-order valence-corrected chi connectivity index (χ3v) is 1.84. The molecule has 15 heavy (non-hydrogen) atoms. The van der Waals surface area contributed by atoms with Crippen LogP contribution < -0.4 is 16.8 Å². The second-order valence-electron chi connectivity index (χ2n) is 4.54. The van der Waals surface area contributed by atoms with Crippen molar-refractivity contribution >= 4 is 17.3 Å². The highest BCUT2D eigenvalue weighted by Gasteiger charge is 2.11. The van der Waals surface area contributed by atoms with E-state index in [1.54, 1.807) is 12.1 Å². The average molecular weight is 207 g/mol. The molecule has 0 spiro atoms. The van der Waals surface area contributed by atoms with Crippen LogP contribution in [0.1, 0.15) is 31.1 Å². The second-order valence-corrected chi connectivity index (χ2v) is 4.54. The summed E-state index contributed by atoms with van der Waals surface area (Å²) in [6.07, 6.45) is 0. The minimum Gasteiger partial charge on any atom is -0.398 e. The molecule has 0 fully saturated rings. The fourth-order valence-electron chi connectivity index (χ4n) is 1.28. The zero-order chi connectivity index (χ0) is 11.6. The Kier molecular flexibility index (Phi) is 2.88. The predicted octanol–water partition coefficient (Wildman–Crippen LogP) is 1.58. The maximum atomic E-state index is 11.1. The molecule has 0 radical (unpaired) electrons. The Morgan fingerprint density at radius 2 is 1.93 bits per heavy atom. The van der Waals surface area contributed by atoms with E-state index in [9.17, 15) is 4.79 Å². The number of anilines is 2. The molecule has 1 aromatic carbocycles. The summed E-state index contributed by atoms with van der Waals surface area (Å²) < 4.78 is 0. The summed E-state index contributed by atoms with van der Waals surface area (Å²) >= 11 is 0. The SMILES string of the molecule is CC(C)(C)Nc1ccc(N)c(C(N)=O)c1. The number of carbonyl (C=O) groups excluding carboxylic acids is 1. The quantitative estimate of drug-likeness (QED) is 0.644. The first-order valence-electron chi connectivity index (χ1n) is 4.77. The van der Waals surface area contributed by atoms with E-state index in [1.165, 1.54) is 0 Å². The van der Waals surface area contributed by atoms with Crippen LogP contribution in [0.15, 0.2) is 18.2 Å². The summed E-state index contributed by atoms with van der Waals surface area (Å²) in [5, 5.41) is 3.24. The van der Waals surface area contributed by atoms with Crippen LogP contribution in [0.3, 0.4) is 0 Å². The molecule has 1 aromatic rings. The lowest BCUT2D eigenvalue weighted by molar-refractivity contribution is 0.100. The lowest BCUT2D eigenvalue weighted by atomic mass is 10.1. The van der Waals surface area contributed by atoms with Crippen molar-refractivity contribution in [1.82, 2.24) is 0 Å². The molecule has 0 aliphatic carbocycles. The van der Waals surface area contributed by atoms with Crippen molar-refractivity contribution in [3.8, 4) is 0 Å². The molecule has 5 N–H and O–H groups in total. The van der Waals surface area contributed by atoms with Gasteiger partial charge in [0.15, 0.2) is 0 Å². The van der Waals surface area contributed by atoms with Crippen LogP contribution in [-0.2, 0) is 0 Å². The highest BCUT2D eigenvalue weighted by Crippen LogP contribution is 2.20. The Balaban J connectivity index is 3.03. The van der Waals surface area contributed by atoms with Crippen LogP contribution in [0.25, 0.3) is 0 Å². The first-order valence-corrected chi connectivity index (χ1v) is 4.77. The van der Waals surface area contributed by atoms with Gasteiger partial charge in [0.2, 0.25) is 0 Å². The van der Waals surface area contributed by atoms with Gasteiger partial charge in [0.25, 0.3) is 5.91 Å². The third kappa shape index (κ3) is 3.16. The normalized spacial score (nSPS) is 11.1. The number of hydrogen-bond donors (Lipinski definition) is 3.